The first-order valence-electron chi connectivity index (χ1n) is 7.01. The van der Waals surface area contributed by atoms with Crippen molar-refractivity contribution in [2.75, 3.05) is 19.6 Å². The highest BCUT2D eigenvalue weighted by Gasteiger charge is 2.24. The third kappa shape index (κ3) is 4.19. The van der Waals surface area contributed by atoms with E-state index in [1.54, 1.807) is 18.2 Å². The zero-order valence-electron chi connectivity index (χ0n) is 11.7. The summed E-state index contributed by atoms with van der Waals surface area (Å²) in [5.41, 5.74) is 0. The van der Waals surface area contributed by atoms with Crippen LogP contribution in [0.1, 0.15) is 26.2 Å². The first kappa shape index (κ1) is 15.8. The van der Waals surface area contributed by atoms with Crippen molar-refractivity contribution in [3.63, 3.8) is 0 Å². The van der Waals surface area contributed by atoms with Crippen molar-refractivity contribution in [1.29, 1.82) is 0 Å². The summed E-state index contributed by atoms with van der Waals surface area (Å²) in [6.07, 6.45) is 2.86. The van der Waals surface area contributed by atoms with Gasteiger partial charge in [-0.1, -0.05) is 24.6 Å². The minimum atomic E-state index is -3.47. The highest BCUT2D eigenvalue weighted by Crippen LogP contribution is 2.18. The minimum Gasteiger partial charge on any atom is -0.303 e. The van der Waals surface area contributed by atoms with Crippen LogP contribution in [0, 0.1) is 0 Å². The quantitative estimate of drug-likeness (QED) is 0.908. The van der Waals surface area contributed by atoms with Gasteiger partial charge in [0.25, 0.3) is 0 Å². The van der Waals surface area contributed by atoms with Gasteiger partial charge in [-0.3, -0.25) is 0 Å². The standard InChI is InChI=1S/C14H21ClN2O2S/c1-2-8-17-9-6-13(7-10-17)16-20(18,19)14-5-3-4-12(15)11-14/h3-5,11,13,16H,2,6-10H2,1H3. The lowest BCUT2D eigenvalue weighted by molar-refractivity contribution is 0.208. The highest BCUT2D eigenvalue weighted by atomic mass is 35.5. The molecule has 0 atom stereocenters. The summed E-state index contributed by atoms with van der Waals surface area (Å²) >= 11 is 5.85. The first-order chi connectivity index (χ1) is 9.51. The van der Waals surface area contributed by atoms with Crippen LogP contribution in [0.5, 0.6) is 0 Å². The monoisotopic (exact) mass is 316 g/mol. The fourth-order valence-electron chi connectivity index (χ4n) is 2.51. The molecule has 1 heterocycles. The van der Waals surface area contributed by atoms with E-state index in [2.05, 4.69) is 16.5 Å². The van der Waals surface area contributed by atoms with Gasteiger partial charge in [0, 0.05) is 11.1 Å². The summed E-state index contributed by atoms with van der Waals surface area (Å²) in [6.45, 7) is 5.16. The zero-order chi connectivity index (χ0) is 14.6. The van der Waals surface area contributed by atoms with Crippen LogP contribution in [0.25, 0.3) is 0 Å². The Morgan fingerprint density at radius 3 is 2.65 bits per heavy atom. The van der Waals surface area contributed by atoms with Crippen LogP contribution in [0.15, 0.2) is 29.2 Å². The van der Waals surface area contributed by atoms with Crippen LogP contribution >= 0.6 is 11.6 Å². The maximum atomic E-state index is 12.3. The van der Waals surface area contributed by atoms with Gasteiger partial charge in [0.1, 0.15) is 0 Å². The molecule has 0 aromatic heterocycles. The third-order valence-electron chi connectivity index (χ3n) is 3.56. The second-order valence-corrected chi connectivity index (χ2v) is 7.34. The Morgan fingerprint density at radius 2 is 2.05 bits per heavy atom. The highest BCUT2D eigenvalue weighted by molar-refractivity contribution is 7.89. The number of hydrogen-bond acceptors (Lipinski definition) is 3. The van der Waals surface area contributed by atoms with Gasteiger partial charge in [-0.05, 0) is 57.1 Å². The summed E-state index contributed by atoms with van der Waals surface area (Å²) in [6, 6.07) is 6.40. The van der Waals surface area contributed by atoms with E-state index in [0.29, 0.717) is 5.02 Å². The molecule has 2 rings (SSSR count). The Labute approximate surface area is 126 Å². The number of halogens is 1. The summed E-state index contributed by atoms with van der Waals surface area (Å²) in [4.78, 5) is 2.62. The lowest BCUT2D eigenvalue weighted by Crippen LogP contribution is -2.44. The number of benzene rings is 1. The molecule has 0 unspecified atom stereocenters. The van der Waals surface area contributed by atoms with E-state index in [4.69, 9.17) is 11.6 Å². The topological polar surface area (TPSA) is 49.4 Å². The molecule has 0 aliphatic carbocycles. The van der Waals surface area contributed by atoms with Crippen LogP contribution < -0.4 is 4.72 Å². The molecule has 0 spiro atoms. The molecule has 4 nitrogen and oxygen atoms in total. The maximum Gasteiger partial charge on any atom is 0.240 e. The number of nitrogens with zero attached hydrogens (tertiary/aromatic N) is 1. The fourth-order valence-corrected chi connectivity index (χ4v) is 4.12. The SMILES string of the molecule is CCCN1CCC(NS(=O)(=O)c2cccc(Cl)c2)CC1. The summed E-state index contributed by atoms with van der Waals surface area (Å²) in [7, 11) is -3.47. The van der Waals surface area contributed by atoms with E-state index in [1.807, 2.05) is 0 Å². The smallest absolute Gasteiger partial charge is 0.240 e. The summed E-state index contributed by atoms with van der Waals surface area (Å²) < 4.78 is 27.3. The molecule has 112 valence electrons. The van der Waals surface area contributed by atoms with E-state index >= 15 is 0 Å². The Bertz CT molecular complexity index is 540. The number of nitrogens with one attached hydrogen (secondary N) is 1. The molecular weight excluding hydrogens is 296 g/mol. The summed E-state index contributed by atoms with van der Waals surface area (Å²) in [5.74, 6) is 0. The lowest BCUT2D eigenvalue weighted by atomic mass is 10.1. The van der Waals surface area contributed by atoms with E-state index in [1.165, 1.54) is 6.07 Å². The Kier molecular flexibility index (Phi) is 5.43. The van der Waals surface area contributed by atoms with E-state index < -0.39 is 10.0 Å². The average Bonchev–Trinajstić information content (AvgIpc) is 2.41. The molecule has 0 bridgehead atoms. The average molecular weight is 317 g/mol. The van der Waals surface area contributed by atoms with Gasteiger partial charge in [-0.2, -0.15) is 0 Å². The first-order valence-corrected chi connectivity index (χ1v) is 8.87. The molecule has 1 aliphatic rings. The van der Waals surface area contributed by atoms with Crippen LogP contribution in [0.3, 0.4) is 0 Å². The van der Waals surface area contributed by atoms with Crippen molar-refractivity contribution in [3.05, 3.63) is 29.3 Å². The molecule has 1 fully saturated rings. The molecule has 0 saturated carbocycles. The molecule has 1 saturated heterocycles. The normalized spacial score (nSPS) is 18.3. The van der Waals surface area contributed by atoms with E-state index in [-0.39, 0.29) is 10.9 Å². The van der Waals surface area contributed by atoms with Gasteiger partial charge >= 0.3 is 0 Å². The van der Waals surface area contributed by atoms with Gasteiger partial charge < -0.3 is 4.90 Å². The van der Waals surface area contributed by atoms with Gasteiger partial charge in [-0.15, -0.1) is 0 Å². The van der Waals surface area contributed by atoms with Gasteiger partial charge in [-0.25, -0.2) is 13.1 Å². The van der Waals surface area contributed by atoms with E-state index in [9.17, 15) is 8.42 Å². The summed E-state index contributed by atoms with van der Waals surface area (Å²) in [5, 5.41) is 0.436. The maximum absolute atomic E-state index is 12.3. The Morgan fingerprint density at radius 1 is 1.35 bits per heavy atom. The third-order valence-corrected chi connectivity index (χ3v) is 5.31. The minimum absolute atomic E-state index is 0.0205. The second-order valence-electron chi connectivity index (χ2n) is 5.19. The predicted molar refractivity (Wildman–Crippen MR) is 81.5 cm³/mol. The van der Waals surface area contributed by atoms with Crippen LogP contribution in [0.4, 0.5) is 0 Å². The molecule has 0 amide bonds. The number of hydrogen-bond donors (Lipinski definition) is 1. The molecule has 6 heteroatoms. The van der Waals surface area contributed by atoms with Gasteiger partial charge in [0.15, 0.2) is 0 Å². The Hall–Kier alpha value is -0.620. The molecule has 1 aromatic carbocycles. The molecule has 20 heavy (non-hydrogen) atoms. The van der Waals surface area contributed by atoms with Crippen LogP contribution in [-0.2, 0) is 10.0 Å². The van der Waals surface area contributed by atoms with Crippen molar-refractivity contribution in [3.8, 4) is 0 Å². The Balaban J connectivity index is 1.96. The van der Waals surface area contributed by atoms with Crippen molar-refractivity contribution in [2.24, 2.45) is 0 Å². The fraction of sp³-hybridized carbons (Fsp3) is 0.571. The van der Waals surface area contributed by atoms with Crippen molar-refractivity contribution in [2.45, 2.75) is 37.1 Å². The van der Waals surface area contributed by atoms with Crippen LogP contribution in [0.2, 0.25) is 5.02 Å². The second kappa shape index (κ2) is 6.89. The van der Waals surface area contributed by atoms with Crippen LogP contribution in [-0.4, -0.2) is 39.0 Å². The zero-order valence-corrected chi connectivity index (χ0v) is 13.3. The predicted octanol–water partition coefficient (Wildman–Crippen LogP) is 2.49. The number of sulfonamides is 1. The van der Waals surface area contributed by atoms with Crippen molar-refractivity contribution in [1.82, 2.24) is 9.62 Å². The molecule has 1 N–H and O–H groups in total. The number of likely N-dealkylation sites (tertiary alicyclic amines) is 1. The molecular formula is C14H21ClN2O2S. The van der Waals surface area contributed by atoms with Gasteiger partial charge in [0.2, 0.25) is 10.0 Å². The van der Waals surface area contributed by atoms with Crippen molar-refractivity contribution >= 4 is 21.6 Å². The van der Waals surface area contributed by atoms with E-state index in [0.717, 1.165) is 38.9 Å². The molecule has 1 aromatic rings. The number of piperidine rings is 1. The molecule has 1 aliphatic heterocycles. The largest absolute Gasteiger partial charge is 0.303 e. The van der Waals surface area contributed by atoms with Crippen molar-refractivity contribution < 1.29 is 8.42 Å². The lowest BCUT2D eigenvalue weighted by Gasteiger charge is -2.31. The number of rotatable bonds is 5. The molecule has 0 radical (unpaired) electrons. The van der Waals surface area contributed by atoms with Gasteiger partial charge in [0.05, 0.1) is 4.90 Å².